The van der Waals surface area contributed by atoms with Crippen molar-refractivity contribution in [2.45, 2.75) is 27.9 Å². The fourth-order valence-corrected chi connectivity index (χ4v) is 3.99. The molecule has 27 heavy (non-hydrogen) atoms. The zero-order chi connectivity index (χ0) is 20.8. The molecule has 14 nitrogen and oxygen atoms in total. The molecule has 0 bridgehead atoms. The molecule has 0 saturated carbocycles. The number of carbonyl (C=O) groups is 2. The van der Waals surface area contributed by atoms with E-state index >= 15 is 0 Å². The summed E-state index contributed by atoms with van der Waals surface area (Å²) < 4.78 is 42.1. The number of primary sulfonamides is 2. The Labute approximate surface area is 160 Å². The maximum atomic E-state index is 11.3. The highest BCUT2D eigenvalue weighted by Gasteiger charge is 2.17. The summed E-state index contributed by atoms with van der Waals surface area (Å²) in [7, 11) is -7.62. The van der Waals surface area contributed by atoms with Crippen LogP contribution in [-0.2, 0) is 36.1 Å². The molecule has 0 amide bonds. The van der Waals surface area contributed by atoms with E-state index in [1.54, 1.807) is 0 Å². The number of carbonyl (C=O) groups excluding carboxylic acids is 1. The predicted molar refractivity (Wildman–Crippen MR) is 92.6 cm³/mol. The molecule has 7 N–H and O–H groups in total. The number of aromatic nitrogens is 4. The van der Waals surface area contributed by atoms with E-state index in [0.29, 0.717) is 11.3 Å². The first kappa shape index (κ1) is 22.9. The smallest absolute Gasteiger partial charge is 0.303 e. The van der Waals surface area contributed by atoms with Crippen LogP contribution in [0.1, 0.15) is 17.8 Å². The molecule has 2 aromatic rings. The number of carboxylic acids is 1. The highest BCUT2D eigenvalue weighted by molar-refractivity contribution is 7.91. The quantitative estimate of drug-likeness (QED) is 0.348. The number of anilines is 1. The second-order valence-electron chi connectivity index (χ2n) is 4.57. The van der Waals surface area contributed by atoms with Gasteiger partial charge in [-0.1, -0.05) is 22.7 Å². The maximum absolute atomic E-state index is 11.3. The number of nitrogens with zero attached hydrogens (tertiary/aromatic N) is 4. The third-order valence-electron chi connectivity index (χ3n) is 2.32. The number of ketones is 1. The molecule has 0 aromatic carbocycles. The SMILES string of the molecule is NS(=O)(=O)c1nnc(CC(=O)CCC(=O)O)s1.Nc1nnc(S(N)(=O)=O)s1. The molecule has 0 radical (unpaired) electrons. The van der Waals surface area contributed by atoms with Crippen LogP contribution < -0.4 is 16.0 Å². The van der Waals surface area contributed by atoms with Gasteiger partial charge in [-0.05, 0) is 0 Å². The van der Waals surface area contributed by atoms with Gasteiger partial charge in [-0.25, -0.2) is 27.1 Å². The zero-order valence-electron chi connectivity index (χ0n) is 13.2. The average Bonchev–Trinajstić information content (AvgIpc) is 3.14. The molecular weight excluding hydrogens is 446 g/mol. The lowest BCUT2D eigenvalue weighted by molar-refractivity contribution is -0.138. The number of rotatable bonds is 7. The van der Waals surface area contributed by atoms with E-state index in [9.17, 15) is 26.4 Å². The van der Waals surface area contributed by atoms with Crippen molar-refractivity contribution >= 4 is 59.6 Å². The molecule has 0 saturated heterocycles. The molecule has 0 spiro atoms. The summed E-state index contributed by atoms with van der Waals surface area (Å²) in [5.41, 5.74) is 5.10. The Kier molecular flexibility index (Phi) is 7.80. The Balaban J connectivity index is 0.000000309. The Bertz CT molecular complexity index is 1030. The van der Waals surface area contributed by atoms with Crippen LogP contribution in [-0.4, -0.2) is 54.1 Å². The highest BCUT2D eigenvalue weighted by atomic mass is 32.3. The van der Waals surface area contributed by atoms with Crippen LogP contribution in [0, 0.1) is 0 Å². The van der Waals surface area contributed by atoms with Crippen molar-refractivity contribution in [3.05, 3.63) is 5.01 Å². The van der Waals surface area contributed by atoms with Gasteiger partial charge in [0.25, 0.3) is 20.0 Å². The maximum Gasteiger partial charge on any atom is 0.303 e. The normalized spacial score (nSPS) is 11.5. The summed E-state index contributed by atoms with van der Waals surface area (Å²) in [4.78, 5) is 21.5. The van der Waals surface area contributed by atoms with Gasteiger partial charge in [-0.15, -0.1) is 20.4 Å². The Morgan fingerprint density at radius 1 is 0.889 bits per heavy atom. The van der Waals surface area contributed by atoms with Gasteiger partial charge in [0, 0.05) is 6.42 Å². The second-order valence-corrected chi connectivity index (χ2v) is 10.1. The van der Waals surface area contributed by atoms with E-state index in [-0.39, 0.29) is 43.9 Å². The van der Waals surface area contributed by atoms with E-state index in [1.807, 2.05) is 0 Å². The molecule has 150 valence electrons. The Hall–Kier alpha value is -2.12. The van der Waals surface area contributed by atoms with Crippen LogP contribution in [0.4, 0.5) is 5.13 Å². The second kappa shape index (κ2) is 9.19. The first-order valence-electron chi connectivity index (χ1n) is 6.49. The highest BCUT2D eigenvalue weighted by Crippen LogP contribution is 2.15. The Morgan fingerprint density at radius 2 is 1.41 bits per heavy atom. The van der Waals surface area contributed by atoms with Crippen LogP contribution in [0.25, 0.3) is 0 Å². The number of hydrogen-bond acceptors (Lipinski definition) is 13. The van der Waals surface area contributed by atoms with Crippen LogP contribution in [0.5, 0.6) is 0 Å². The lowest BCUT2D eigenvalue weighted by Gasteiger charge is -1.93. The molecule has 18 heteroatoms. The summed E-state index contributed by atoms with van der Waals surface area (Å²) in [6.07, 6.45) is -0.528. The van der Waals surface area contributed by atoms with Crippen molar-refractivity contribution in [3.8, 4) is 0 Å². The van der Waals surface area contributed by atoms with Gasteiger partial charge in [0.1, 0.15) is 10.8 Å². The standard InChI is InChI=1S/C7H9N3O5S2.C2H4N4O2S2/c8-17(14,15)7-10-9-5(16-7)3-4(11)1-2-6(12)13;3-1-5-6-2(9-1)10(4,7)8/h1-3H2,(H,12,13)(H2,8,14,15);(H2,3,5)(H2,4,7,8). The number of Topliss-reactive ketones (excluding diaryl/α,β-unsaturated/α-hetero) is 1. The van der Waals surface area contributed by atoms with Gasteiger partial charge in [-0.3, -0.25) is 9.59 Å². The molecule has 0 aliphatic carbocycles. The van der Waals surface area contributed by atoms with E-state index in [0.717, 1.165) is 11.3 Å². The summed E-state index contributed by atoms with van der Waals surface area (Å²) in [5, 5.41) is 31.5. The number of hydrogen-bond donors (Lipinski definition) is 4. The number of carboxylic acid groups (broad SMARTS) is 1. The number of aliphatic carboxylic acids is 1. The minimum absolute atomic E-state index is 0.0871. The van der Waals surface area contributed by atoms with E-state index in [4.69, 9.17) is 21.1 Å². The molecule has 2 aromatic heterocycles. The third kappa shape index (κ3) is 8.41. The van der Waals surface area contributed by atoms with Crippen molar-refractivity contribution in [2.24, 2.45) is 10.3 Å². The number of nitrogen functional groups attached to an aromatic ring is 1. The topological polar surface area (TPSA) is 252 Å². The van der Waals surface area contributed by atoms with Gasteiger partial charge in [0.15, 0.2) is 0 Å². The van der Waals surface area contributed by atoms with Gasteiger partial charge in [0.05, 0.1) is 12.8 Å². The largest absolute Gasteiger partial charge is 0.481 e. The van der Waals surface area contributed by atoms with E-state index < -0.39 is 26.0 Å². The number of sulfonamides is 2. The van der Waals surface area contributed by atoms with Crippen molar-refractivity contribution in [3.63, 3.8) is 0 Å². The van der Waals surface area contributed by atoms with Crippen molar-refractivity contribution in [1.82, 2.24) is 20.4 Å². The molecule has 0 fully saturated rings. The van der Waals surface area contributed by atoms with Gasteiger partial charge in [0.2, 0.25) is 13.8 Å². The van der Waals surface area contributed by atoms with E-state index in [1.165, 1.54) is 0 Å². The lowest BCUT2D eigenvalue weighted by atomic mass is 10.2. The first-order valence-corrected chi connectivity index (χ1v) is 11.2. The van der Waals surface area contributed by atoms with Gasteiger partial charge >= 0.3 is 5.97 Å². The van der Waals surface area contributed by atoms with Crippen LogP contribution in [0.15, 0.2) is 8.68 Å². The van der Waals surface area contributed by atoms with Crippen molar-refractivity contribution < 1.29 is 31.5 Å². The predicted octanol–water partition coefficient (Wildman–Crippen LogP) is -2.07. The summed E-state index contributed by atoms with van der Waals surface area (Å²) in [6.45, 7) is 0. The Morgan fingerprint density at radius 3 is 1.78 bits per heavy atom. The van der Waals surface area contributed by atoms with E-state index in [2.05, 4.69) is 20.4 Å². The molecular formula is C9H13N7O7S4. The lowest BCUT2D eigenvalue weighted by Crippen LogP contribution is -2.11. The van der Waals surface area contributed by atoms with Gasteiger partial charge < -0.3 is 10.8 Å². The van der Waals surface area contributed by atoms with Gasteiger partial charge in [-0.2, -0.15) is 0 Å². The molecule has 0 aliphatic heterocycles. The summed E-state index contributed by atoms with van der Waals surface area (Å²) >= 11 is 1.44. The fourth-order valence-electron chi connectivity index (χ4n) is 1.26. The molecule has 2 heterocycles. The monoisotopic (exact) mass is 459 g/mol. The van der Waals surface area contributed by atoms with Crippen molar-refractivity contribution in [1.29, 1.82) is 0 Å². The average molecular weight is 460 g/mol. The van der Waals surface area contributed by atoms with Crippen LogP contribution in [0.2, 0.25) is 0 Å². The molecule has 0 atom stereocenters. The fraction of sp³-hybridized carbons (Fsp3) is 0.333. The summed E-state index contributed by atoms with van der Waals surface area (Å²) in [5.74, 6) is -1.41. The molecule has 0 unspecified atom stereocenters. The third-order valence-corrected chi connectivity index (χ3v) is 6.62. The van der Waals surface area contributed by atoms with Crippen molar-refractivity contribution in [2.75, 3.05) is 5.73 Å². The minimum Gasteiger partial charge on any atom is -0.481 e. The molecule has 2 rings (SSSR count). The minimum atomic E-state index is -3.90. The molecule has 0 aliphatic rings. The number of nitrogens with two attached hydrogens (primary N) is 3. The zero-order valence-corrected chi connectivity index (χ0v) is 16.4. The summed E-state index contributed by atoms with van der Waals surface area (Å²) in [6, 6.07) is 0. The van der Waals surface area contributed by atoms with Crippen LogP contribution in [0.3, 0.4) is 0 Å². The van der Waals surface area contributed by atoms with Crippen LogP contribution >= 0.6 is 22.7 Å². The first-order chi connectivity index (χ1) is 12.3.